The summed E-state index contributed by atoms with van der Waals surface area (Å²) < 4.78 is 15.4. The molecule has 0 saturated carbocycles. The summed E-state index contributed by atoms with van der Waals surface area (Å²) in [7, 11) is 0. The summed E-state index contributed by atoms with van der Waals surface area (Å²) in [5.74, 6) is -0.701. The van der Waals surface area contributed by atoms with Gasteiger partial charge in [0, 0.05) is 24.5 Å². The van der Waals surface area contributed by atoms with E-state index in [4.69, 9.17) is 5.26 Å². The van der Waals surface area contributed by atoms with Crippen LogP contribution < -0.4 is 10.9 Å². The maximum Gasteiger partial charge on any atom is 0.280 e. The van der Waals surface area contributed by atoms with Gasteiger partial charge in [-0.25, -0.2) is 14.1 Å². The number of hydrogen-bond acceptors (Lipinski definition) is 4. The topological polar surface area (TPSA) is 104 Å². The van der Waals surface area contributed by atoms with Gasteiger partial charge in [0.05, 0.1) is 22.8 Å². The summed E-state index contributed by atoms with van der Waals surface area (Å²) in [6.07, 6.45) is 2.74. The lowest BCUT2D eigenvalue weighted by molar-refractivity contribution is 0.0950. The molecule has 31 heavy (non-hydrogen) atoms. The fourth-order valence-corrected chi connectivity index (χ4v) is 3.07. The van der Waals surface area contributed by atoms with Gasteiger partial charge in [-0.3, -0.25) is 14.7 Å². The molecule has 8 heteroatoms. The Hall–Kier alpha value is -4.51. The molecule has 0 atom stereocenters. The van der Waals surface area contributed by atoms with Gasteiger partial charge in [0.25, 0.3) is 11.5 Å². The number of carbonyl (C=O) groups is 1. The van der Waals surface area contributed by atoms with Crippen LogP contribution in [0.1, 0.15) is 21.5 Å². The molecule has 2 heterocycles. The Morgan fingerprint density at radius 3 is 2.61 bits per heavy atom. The van der Waals surface area contributed by atoms with E-state index in [1.165, 1.54) is 30.6 Å². The molecular formula is C23H16FN5O2. The first kappa shape index (κ1) is 19.8. The number of halogens is 1. The minimum absolute atomic E-state index is 0.0795. The molecule has 0 aliphatic rings. The van der Waals surface area contributed by atoms with Crippen molar-refractivity contribution in [2.24, 2.45) is 0 Å². The number of aromatic amines is 1. The smallest absolute Gasteiger partial charge is 0.280 e. The summed E-state index contributed by atoms with van der Waals surface area (Å²) in [5.41, 5.74) is 1.17. The first-order valence-electron chi connectivity index (χ1n) is 9.36. The van der Waals surface area contributed by atoms with Gasteiger partial charge in [-0.1, -0.05) is 30.3 Å². The molecule has 1 amide bonds. The van der Waals surface area contributed by atoms with Gasteiger partial charge in [0.2, 0.25) is 0 Å². The lowest BCUT2D eigenvalue weighted by atomic mass is 10.1. The SMILES string of the molecule is N#Cc1ccc(-c2c[nH]n(-c3ccc(C(=O)NCc4ccccc4)cn3)c2=O)c(F)c1. The van der Waals surface area contributed by atoms with E-state index in [0.29, 0.717) is 12.1 Å². The van der Waals surface area contributed by atoms with Crippen molar-refractivity contribution < 1.29 is 9.18 Å². The van der Waals surface area contributed by atoms with Gasteiger partial charge < -0.3 is 5.32 Å². The zero-order chi connectivity index (χ0) is 21.8. The van der Waals surface area contributed by atoms with Crippen molar-refractivity contribution >= 4 is 5.91 Å². The van der Waals surface area contributed by atoms with Crippen molar-refractivity contribution in [3.8, 4) is 23.0 Å². The third-order valence-corrected chi connectivity index (χ3v) is 4.69. The average molecular weight is 413 g/mol. The van der Waals surface area contributed by atoms with Crippen molar-refractivity contribution in [1.82, 2.24) is 20.1 Å². The molecule has 0 aliphatic carbocycles. The standard InChI is InChI=1S/C23H16FN5O2/c24-20-10-16(11-25)6-8-18(20)19-14-28-29(23(19)31)21-9-7-17(13-26-21)22(30)27-12-15-4-2-1-3-5-15/h1-10,13-14,28H,12H2,(H,27,30). The highest BCUT2D eigenvalue weighted by atomic mass is 19.1. The van der Waals surface area contributed by atoms with E-state index in [0.717, 1.165) is 16.3 Å². The number of H-pyrrole nitrogens is 1. The van der Waals surface area contributed by atoms with Crippen molar-refractivity contribution in [1.29, 1.82) is 5.26 Å². The predicted molar refractivity (Wildman–Crippen MR) is 112 cm³/mol. The van der Waals surface area contributed by atoms with Crippen molar-refractivity contribution in [3.63, 3.8) is 0 Å². The third kappa shape index (κ3) is 4.11. The van der Waals surface area contributed by atoms with Gasteiger partial charge in [0.15, 0.2) is 5.82 Å². The Kier molecular flexibility index (Phi) is 5.41. The molecule has 0 unspecified atom stereocenters. The normalized spacial score (nSPS) is 10.5. The molecule has 152 valence electrons. The van der Waals surface area contributed by atoms with Crippen LogP contribution in [0.2, 0.25) is 0 Å². The molecular weight excluding hydrogens is 397 g/mol. The molecule has 2 aromatic heterocycles. The number of hydrogen-bond donors (Lipinski definition) is 2. The Balaban J connectivity index is 1.53. The highest BCUT2D eigenvalue weighted by Crippen LogP contribution is 2.20. The first-order valence-corrected chi connectivity index (χ1v) is 9.36. The number of pyridine rings is 1. The van der Waals surface area contributed by atoms with Crippen LogP contribution in [-0.4, -0.2) is 20.7 Å². The molecule has 0 fully saturated rings. The van der Waals surface area contributed by atoms with Crippen LogP contribution in [0.15, 0.2) is 77.9 Å². The molecule has 4 rings (SSSR count). The summed E-state index contributed by atoms with van der Waals surface area (Å²) >= 11 is 0. The highest BCUT2D eigenvalue weighted by molar-refractivity contribution is 5.93. The lowest BCUT2D eigenvalue weighted by Gasteiger charge is -2.06. The van der Waals surface area contributed by atoms with E-state index in [-0.39, 0.29) is 28.4 Å². The molecule has 2 N–H and O–H groups in total. The average Bonchev–Trinajstić information content (AvgIpc) is 3.19. The van der Waals surface area contributed by atoms with Crippen LogP contribution in [-0.2, 0) is 6.54 Å². The quantitative estimate of drug-likeness (QED) is 0.524. The zero-order valence-electron chi connectivity index (χ0n) is 16.2. The second-order valence-corrected chi connectivity index (χ2v) is 6.71. The largest absolute Gasteiger partial charge is 0.348 e. The molecule has 0 bridgehead atoms. The third-order valence-electron chi connectivity index (χ3n) is 4.69. The summed E-state index contributed by atoms with van der Waals surface area (Å²) in [5, 5.41) is 14.4. The predicted octanol–water partition coefficient (Wildman–Crippen LogP) is 3.17. The second kappa shape index (κ2) is 8.47. The Labute approximate surface area is 176 Å². The fraction of sp³-hybridized carbons (Fsp3) is 0.0435. The summed E-state index contributed by atoms with van der Waals surface area (Å²) in [6.45, 7) is 0.386. The molecule has 2 aromatic carbocycles. The van der Waals surface area contributed by atoms with Crippen molar-refractivity contribution in [2.75, 3.05) is 0 Å². The Morgan fingerprint density at radius 2 is 1.94 bits per heavy atom. The number of benzene rings is 2. The maximum atomic E-state index is 14.3. The Bertz CT molecular complexity index is 1340. The Morgan fingerprint density at radius 1 is 1.13 bits per heavy atom. The van der Waals surface area contributed by atoms with Crippen LogP contribution in [0.5, 0.6) is 0 Å². The minimum atomic E-state index is -0.666. The van der Waals surface area contributed by atoms with Gasteiger partial charge in [0.1, 0.15) is 5.82 Å². The number of amides is 1. The van der Waals surface area contributed by atoms with E-state index in [1.807, 2.05) is 36.4 Å². The van der Waals surface area contributed by atoms with E-state index < -0.39 is 11.4 Å². The van der Waals surface area contributed by atoms with Crippen LogP contribution in [0, 0.1) is 17.1 Å². The van der Waals surface area contributed by atoms with E-state index in [9.17, 15) is 14.0 Å². The number of carbonyl (C=O) groups excluding carboxylic acids is 1. The molecule has 0 saturated heterocycles. The molecule has 7 nitrogen and oxygen atoms in total. The molecule has 4 aromatic rings. The molecule has 0 aliphatic heterocycles. The van der Waals surface area contributed by atoms with E-state index >= 15 is 0 Å². The minimum Gasteiger partial charge on any atom is -0.348 e. The van der Waals surface area contributed by atoms with Gasteiger partial charge >= 0.3 is 0 Å². The number of nitrogens with zero attached hydrogens (tertiary/aromatic N) is 3. The highest BCUT2D eigenvalue weighted by Gasteiger charge is 2.15. The monoisotopic (exact) mass is 413 g/mol. The van der Waals surface area contributed by atoms with Crippen LogP contribution in [0.4, 0.5) is 4.39 Å². The number of aromatic nitrogens is 3. The first-order chi connectivity index (χ1) is 15.1. The van der Waals surface area contributed by atoms with Crippen molar-refractivity contribution in [3.05, 3.63) is 106 Å². The number of nitrogens with one attached hydrogen (secondary N) is 2. The van der Waals surface area contributed by atoms with Gasteiger partial charge in [-0.15, -0.1) is 0 Å². The van der Waals surface area contributed by atoms with Crippen molar-refractivity contribution in [2.45, 2.75) is 6.54 Å². The second-order valence-electron chi connectivity index (χ2n) is 6.71. The van der Waals surface area contributed by atoms with Crippen LogP contribution in [0.3, 0.4) is 0 Å². The van der Waals surface area contributed by atoms with E-state index in [2.05, 4.69) is 15.4 Å². The number of nitriles is 1. The van der Waals surface area contributed by atoms with Crippen LogP contribution >= 0.6 is 0 Å². The van der Waals surface area contributed by atoms with Gasteiger partial charge in [-0.2, -0.15) is 5.26 Å². The molecule has 0 spiro atoms. The summed E-state index contributed by atoms with van der Waals surface area (Å²) in [6, 6.07) is 18.3. The maximum absolute atomic E-state index is 14.3. The fourth-order valence-electron chi connectivity index (χ4n) is 3.07. The lowest BCUT2D eigenvalue weighted by Crippen LogP contribution is -2.23. The zero-order valence-corrected chi connectivity index (χ0v) is 16.2. The molecule has 0 radical (unpaired) electrons. The van der Waals surface area contributed by atoms with E-state index in [1.54, 1.807) is 6.07 Å². The summed E-state index contributed by atoms with van der Waals surface area (Å²) in [4.78, 5) is 29.2. The van der Waals surface area contributed by atoms with Crippen LogP contribution in [0.25, 0.3) is 16.9 Å². The number of rotatable bonds is 5. The van der Waals surface area contributed by atoms with Gasteiger partial charge in [-0.05, 0) is 35.9 Å².